The molecule has 0 amide bonds. The number of benzene rings is 1. The lowest BCUT2D eigenvalue weighted by molar-refractivity contribution is 0.111. The van der Waals surface area contributed by atoms with Gasteiger partial charge in [-0.2, -0.15) is 0 Å². The van der Waals surface area contributed by atoms with Crippen LogP contribution >= 0.6 is 0 Å². The molecule has 0 bridgehead atoms. The number of anilines is 1. The van der Waals surface area contributed by atoms with Crippen molar-refractivity contribution in [1.82, 2.24) is 15.0 Å². The van der Waals surface area contributed by atoms with Gasteiger partial charge in [-0.15, -0.1) is 5.10 Å². The summed E-state index contributed by atoms with van der Waals surface area (Å²) in [4.78, 5) is 13.1. The molecule has 0 saturated carbocycles. The van der Waals surface area contributed by atoms with Crippen molar-refractivity contribution in [2.75, 3.05) is 19.0 Å². The molecule has 0 spiro atoms. The fourth-order valence-electron chi connectivity index (χ4n) is 2.08. The van der Waals surface area contributed by atoms with Crippen molar-refractivity contribution in [3.05, 3.63) is 35.7 Å². The maximum atomic E-state index is 11.1. The Morgan fingerprint density at radius 1 is 1.25 bits per heavy atom. The summed E-state index contributed by atoms with van der Waals surface area (Å²) in [7, 11) is 4.00. The van der Waals surface area contributed by atoms with Gasteiger partial charge in [0.15, 0.2) is 6.29 Å². The van der Waals surface area contributed by atoms with E-state index in [9.17, 15) is 4.79 Å². The van der Waals surface area contributed by atoms with E-state index in [-0.39, 0.29) is 0 Å². The number of hydrogen-bond donors (Lipinski definition) is 0. The van der Waals surface area contributed by atoms with Crippen LogP contribution in [-0.4, -0.2) is 35.4 Å². The minimum absolute atomic E-state index is 0.426. The van der Waals surface area contributed by atoms with E-state index in [0.29, 0.717) is 11.6 Å². The summed E-state index contributed by atoms with van der Waals surface area (Å²) in [6.07, 6.45) is 1.55. The molecule has 0 aliphatic heterocycles. The van der Waals surface area contributed by atoms with Crippen LogP contribution in [0.25, 0.3) is 5.69 Å². The van der Waals surface area contributed by atoms with Crippen LogP contribution in [0.4, 0.5) is 5.69 Å². The number of carbonyl (C=O) groups excluding carboxylic acids is 1. The highest BCUT2D eigenvalue weighted by Crippen LogP contribution is 2.19. The molecule has 0 radical (unpaired) electrons. The molecular weight excluding hydrogens is 252 g/mol. The monoisotopic (exact) mass is 272 g/mol. The van der Waals surface area contributed by atoms with Gasteiger partial charge < -0.3 is 4.90 Å². The largest absolute Gasteiger partial charge is 0.378 e. The lowest BCUT2D eigenvalue weighted by Gasteiger charge is -2.13. The van der Waals surface area contributed by atoms with Crippen molar-refractivity contribution in [2.24, 2.45) is 5.92 Å². The maximum Gasteiger partial charge on any atom is 0.172 e. The van der Waals surface area contributed by atoms with E-state index in [4.69, 9.17) is 0 Å². The molecule has 5 nitrogen and oxygen atoms in total. The van der Waals surface area contributed by atoms with Gasteiger partial charge in [0.2, 0.25) is 0 Å². The van der Waals surface area contributed by atoms with Gasteiger partial charge in [0.1, 0.15) is 5.69 Å². The molecule has 1 heterocycles. The van der Waals surface area contributed by atoms with E-state index in [1.165, 1.54) is 0 Å². The van der Waals surface area contributed by atoms with E-state index in [2.05, 4.69) is 24.2 Å². The van der Waals surface area contributed by atoms with Crippen LogP contribution in [0.1, 0.15) is 30.0 Å². The Morgan fingerprint density at radius 2 is 1.90 bits per heavy atom. The normalized spacial score (nSPS) is 10.8. The van der Waals surface area contributed by atoms with Crippen LogP contribution in [0, 0.1) is 5.92 Å². The fraction of sp³-hybridized carbons (Fsp3) is 0.400. The van der Waals surface area contributed by atoms with Crippen molar-refractivity contribution >= 4 is 12.0 Å². The van der Waals surface area contributed by atoms with Crippen LogP contribution in [-0.2, 0) is 6.42 Å². The molecule has 20 heavy (non-hydrogen) atoms. The zero-order valence-electron chi connectivity index (χ0n) is 12.4. The first-order valence-corrected chi connectivity index (χ1v) is 6.70. The molecule has 0 saturated heterocycles. The van der Waals surface area contributed by atoms with Crippen LogP contribution < -0.4 is 4.90 Å². The van der Waals surface area contributed by atoms with Gasteiger partial charge in [0.05, 0.1) is 11.4 Å². The van der Waals surface area contributed by atoms with Crippen LogP contribution in [0.3, 0.4) is 0 Å². The Hall–Kier alpha value is -2.17. The fourth-order valence-corrected chi connectivity index (χ4v) is 2.08. The average molecular weight is 272 g/mol. The number of carbonyl (C=O) groups is 1. The van der Waals surface area contributed by atoms with Gasteiger partial charge in [-0.25, -0.2) is 4.68 Å². The van der Waals surface area contributed by atoms with Gasteiger partial charge in [0, 0.05) is 19.8 Å². The van der Waals surface area contributed by atoms with Crippen LogP contribution in [0.15, 0.2) is 24.3 Å². The smallest absolute Gasteiger partial charge is 0.172 e. The van der Waals surface area contributed by atoms with Crippen molar-refractivity contribution in [1.29, 1.82) is 0 Å². The molecule has 1 aromatic heterocycles. The van der Waals surface area contributed by atoms with Crippen molar-refractivity contribution < 1.29 is 4.79 Å². The third kappa shape index (κ3) is 2.87. The second kappa shape index (κ2) is 5.86. The molecule has 0 atom stereocenters. The lowest BCUT2D eigenvalue weighted by atomic mass is 10.1. The summed E-state index contributed by atoms with van der Waals surface area (Å²) >= 11 is 0. The Labute approximate surface area is 119 Å². The SMILES string of the molecule is CC(C)Cc1c(C=O)nnn1-c1ccc(N(C)C)cc1. The molecule has 2 aromatic rings. The molecule has 0 aliphatic rings. The Morgan fingerprint density at radius 3 is 2.40 bits per heavy atom. The van der Waals surface area contributed by atoms with E-state index < -0.39 is 0 Å². The van der Waals surface area contributed by atoms with E-state index >= 15 is 0 Å². The molecule has 0 N–H and O–H groups in total. The third-order valence-electron chi connectivity index (χ3n) is 3.12. The van der Waals surface area contributed by atoms with Crippen LogP contribution in [0.5, 0.6) is 0 Å². The van der Waals surface area contributed by atoms with Crippen molar-refractivity contribution in [3.8, 4) is 5.69 Å². The highest BCUT2D eigenvalue weighted by molar-refractivity contribution is 5.73. The first-order valence-electron chi connectivity index (χ1n) is 6.70. The molecule has 0 fully saturated rings. The average Bonchev–Trinajstić information content (AvgIpc) is 2.81. The summed E-state index contributed by atoms with van der Waals surface area (Å²) in [6.45, 7) is 4.22. The summed E-state index contributed by atoms with van der Waals surface area (Å²) in [6, 6.07) is 8.03. The highest BCUT2D eigenvalue weighted by Gasteiger charge is 2.15. The van der Waals surface area contributed by atoms with E-state index in [0.717, 1.165) is 29.8 Å². The number of aromatic nitrogens is 3. The Balaban J connectivity index is 2.41. The molecule has 0 aliphatic carbocycles. The zero-order valence-corrected chi connectivity index (χ0v) is 12.4. The van der Waals surface area contributed by atoms with Crippen molar-refractivity contribution in [2.45, 2.75) is 20.3 Å². The topological polar surface area (TPSA) is 51.0 Å². The van der Waals surface area contributed by atoms with Gasteiger partial charge in [-0.1, -0.05) is 19.1 Å². The summed E-state index contributed by atoms with van der Waals surface area (Å²) in [5, 5.41) is 8.06. The third-order valence-corrected chi connectivity index (χ3v) is 3.12. The molecular formula is C15H20N4O. The minimum atomic E-state index is 0.426. The second-order valence-corrected chi connectivity index (χ2v) is 5.46. The van der Waals surface area contributed by atoms with Gasteiger partial charge >= 0.3 is 0 Å². The predicted molar refractivity (Wildman–Crippen MR) is 79.6 cm³/mol. The Kier molecular flexibility index (Phi) is 4.17. The van der Waals surface area contributed by atoms with Crippen LogP contribution in [0.2, 0.25) is 0 Å². The predicted octanol–water partition coefficient (Wildman–Crippen LogP) is 2.34. The number of nitrogens with zero attached hydrogens (tertiary/aromatic N) is 4. The summed E-state index contributed by atoms with van der Waals surface area (Å²) < 4.78 is 1.75. The van der Waals surface area contributed by atoms with Gasteiger partial charge in [-0.05, 0) is 36.6 Å². The number of rotatable bonds is 5. The summed E-state index contributed by atoms with van der Waals surface area (Å²) in [5.74, 6) is 0.437. The minimum Gasteiger partial charge on any atom is -0.378 e. The molecule has 0 unspecified atom stereocenters. The van der Waals surface area contributed by atoms with Gasteiger partial charge in [-0.3, -0.25) is 4.79 Å². The molecule has 5 heteroatoms. The molecule has 2 rings (SSSR count). The first kappa shape index (κ1) is 14.2. The highest BCUT2D eigenvalue weighted by atomic mass is 16.1. The molecule has 1 aromatic carbocycles. The first-order chi connectivity index (χ1) is 9.52. The lowest BCUT2D eigenvalue weighted by Crippen LogP contribution is -2.10. The van der Waals surface area contributed by atoms with Gasteiger partial charge in [0.25, 0.3) is 0 Å². The quantitative estimate of drug-likeness (QED) is 0.784. The van der Waals surface area contributed by atoms with Crippen molar-refractivity contribution in [3.63, 3.8) is 0 Å². The van der Waals surface area contributed by atoms with E-state index in [1.807, 2.05) is 43.3 Å². The standard InChI is InChI=1S/C15H20N4O/c1-11(2)9-15-14(10-20)16-17-19(15)13-7-5-12(6-8-13)18(3)4/h5-8,10-11H,9H2,1-4H3. The number of aldehydes is 1. The second-order valence-electron chi connectivity index (χ2n) is 5.46. The maximum absolute atomic E-state index is 11.1. The summed E-state index contributed by atoms with van der Waals surface area (Å²) in [5.41, 5.74) is 3.34. The Bertz CT molecular complexity index is 584. The van der Waals surface area contributed by atoms with E-state index in [1.54, 1.807) is 4.68 Å². The molecule has 106 valence electrons. The number of hydrogen-bond acceptors (Lipinski definition) is 4. The zero-order chi connectivity index (χ0) is 14.7.